The molecule has 0 aliphatic heterocycles. The maximum Gasteiger partial charge on any atom is 0.337 e. The number of carboxylic acids is 1. The maximum absolute atomic E-state index is 11.0. The molecule has 1 N–H and O–H groups in total. The van der Waals surface area contributed by atoms with Gasteiger partial charge in [-0.05, 0) is 37.3 Å². The summed E-state index contributed by atoms with van der Waals surface area (Å²) in [6, 6.07) is 8.54. The molecule has 0 aliphatic carbocycles. The second-order valence-electron chi connectivity index (χ2n) is 4.25. The van der Waals surface area contributed by atoms with Crippen LogP contribution < -0.4 is 4.74 Å². The number of aryl methyl sites for hydroxylation is 1. The lowest BCUT2D eigenvalue weighted by molar-refractivity contribution is -0.385. The number of nitro groups is 1. The van der Waals surface area contributed by atoms with Crippen LogP contribution >= 0.6 is 11.6 Å². The zero-order valence-electron chi connectivity index (χ0n) is 10.9. The number of hydrogen-bond acceptors (Lipinski definition) is 4. The third kappa shape index (κ3) is 3.29. The summed E-state index contributed by atoms with van der Waals surface area (Å²) in [5.41, 5.74) is 0.338. The van der Waals surface area contributed by atoms with E-state index in [1.54, 1.807) is 19.1 Å². The van der Waals surface area contributed by atoms with Crippen LogP contribution in [0.4, 0.5) is 5.69 Å². The summed E-state index contributed by atoms with van der Waals surface area (Å²) in [6.45, 7) is 1.62. The summed E-state index contributed by atoms with van der Waals surface area (Å²) in [4.78, 5) is 21.3. The Morgan fingerprint density at radius 2 is 1.86 bits per heavy atom. The quantitative estimate of drug-likeness (QED) is 0.680. The van der Waals surface area contributed by atoms with Crippen LogP contribution in [0.3, 0.4) is 0 Å². The van der Waals surface area contributed by atoms with E-state index >= 15 is 0 Å². The van der Waals surface area contributed by atoms with Crippen LogP contribution in [0.15, 0.2) is 36.4 Å². The monoisotopic (exact) mass is 307 g/mol. The Morgan fingerprint density at radius 1 is 1.24 bits per heavy atom. The minimum absolute atomic E-state index is 0.0695. The molecule has 0 amide bonds. The van der Waals surface area contributed by atoms with Gasteiger partial charge in [0.1, 0.15) is 11.5 Å². The first kappa shape index (κ1) is 14.8. The van der Waals surface area contributed by atoms with Crippen molar-refractivity contribution in [3.63, 3.8) is 0 Å². The molecule has 0 spiro atoms. The third-order valence-corrected chi connectivity index (χ3v) is 3.11. The van der Waals surface area contributed by atoms with Crippen molar-refractivity contribution >= 4 is 23.3 Å². The van der Waals surface area contributed by atoms with E-state index in [2.05, 4.69) is 0 Å². The highest BCUT2D eigenvalue weighted by molar-refractivity contribution is 6.33. The first-order valence-electron chi connectivity index (χ1n) is 5.84. The molecule has 0 saturated carbocycles. The molecule has 0 fully saturated rings. The van der Waals surface area contributed by atoms with Crippen molar-refractivity contribution in [3.8, 4) is 11.5 Å². The lowest BCUT2D eigenvalue weighted by Gasteiger charge is -2.08. The minimum atomic E-state index is -1.18. The summed E-state index contributed by atoms with van der Waals surface area (Å²) >= 11 is 5.76. The van der Waals surface area contributed by atoms with E-state index in [4.69, 9.17) is 21.4 Å². The number of ether oxygens (including phenoxy) is 1. The highest BCUT2D eigenvalue weighted by atomic mass is 35.5. The molecule has 0 saturated heterocycles. The van der Waals surface area contributed by atoms with E-state index in [1.165, 1.54) is 24.3 Å². The number of rotatable bonds is 4. The van der Waals surface area contributed by atoms with E-state index in [0.29, 0.717) is 5.56 Å². The number of carbonyl (C=O) groups is 1. The topological polar surface area (TPSA) is 89.7 Å². The molecule has 0 heterocycles. The van der Waals surface area contributed by atoms with Gasteiger partial charge >= 0.3 is 5.97 Å². The maximum atomic E-state index is 11.0. The van der Waals surface area contributed by atoms with Crippen LogP contribution in [0.5, 0.6) is 11.5 Å². The van der Waals surface area contributed by atoms with Crippen molar-refractivity contribution < 1.29 is 19.6 Å². The summed E-state index contributed by atoms with van der Waals surface area (Å²) in [6.07, 6.45) is 0. The Morgan fingerprint density at radius 3 is 2.48 bits per heavy atom. The van der Waals surface area contributed by atoms with Gasteiger partial charge in [0, 0.05) is 5.56 Å². The molecule has 108 valence electrons. The number of hydrogen-bond donors (Lipinski definition) is 1. The van der Waals surface area contributed by atoms with Crippen LogP contribution in [0.25, 0.3) is 0 Å². The lowest BCUT2D eigenvalue weighted by atomic mass is 10.2. The second kappa shape index (κ2) is 5.80. The van der Waals surface area contributed by atoms with E-state index < -0.39 is 10.9 Å². The Kier molecular flexibility index (Phi) is 4.09. The summed E-state index contributed by atoms with van der Waals surface area (Å²) in [5.74, 6) is -0.707. The summed E-state index contributed by atoms with van der Waals surface area (Å²) < 4.78 is 5.44. The second-order valence-corrected chi connectivity index (χ2v) is 4.66. The molecule has 2 aromatic rings. The van der Waals surface area contributed by atoms with Gasteiger partial charge in [-0.1, -0.05) is 11.6 Å². The van der Waals surface area contributed by atoms with Gasteiger partial charge in [-0.2, -0.15) is 0 Å². The number of aromatic carboxylic acids is 1. The average molecular weight is 308 g/mol. The van der Waals surface area contributed by atoms with E-state index in [1.807, 2.05) is 0 Å². The zero-order valence-corrected chi connectivity index (χ0v) is 11.6. The van der Waals surface area contributed by atoms with Gasteiger partial charge in [-0.15, -0.1) is 0 Å². The predicted molar refractivity (Wildman–Crippen MR) is 76.3 cm³/mol. The van der Waals surface area contributed by atoms with Gasteiger partial charge in [0.2, 0.25) is 0 Å². The highest BCUT2D eigenvalue weighted by Crippen LogP contribution is 2.30. The van der Waals surface area contributed by atoms with Crippen molar-refractivity contribution in [3.05, 3.63) is 62.7 Å². The van der Waals surface area contributed by atoms with Gasteiger partial charge in [-0.3, -0.25) is 10.1 Å². The van der Waals surface area contributed by atoms with Crippen molar-refractivity contribution in [1.29, 1.82) is 0 Å². The Labute approximate surface area is 124 Å². The fourth-order valence-corrected chi connectivity index (χ4v) is 1.92. The van der Waals surface area contributed by atoms with Crippen LogP contribution in [0, 0.1) is 17.0 Å². The minimum Gasteiger partial charge on any atom is -0.478 e. The number of nitro benzene ring substituents is 1. The molecule has 0 aliphatic rings. The van der Waals surface area contributed by atoms with Crippen molar-refractivity contribution in [2.45, 2.75) is 6.92 Å². The van der Waals surface area contributed by atoms with Crippen molar-refractivity contribution in [2.75, 3.05) is 0 Å². The molecule has 0 bridgehead atoms. The predicted octanol–water partition coefficient (Wildman–Crippen LogP) is 4.05. The van der Waals surface area contributed by atoms with Gasteiger partial charge in [0.05, 0.1) is 21.6 Å². The molecule has 0 unspecified atom stereocenters. The number of halogens is 1. The summed E-state index contributed by atoms with van der Waals surface area (Å²) in [5, 5.41) is 19.9. The number of nitrogens with zero attached hydrogens (tertiary/aromatic N) is 1. The zero-order chi connectivity index (χ0) is 15.6. The van der Waals surface area contributed by atoms with Crippen LogP contribution in [-0.2, 0) is 0 Å². The first-order valence-corrected chi connectivity index (χ1v) is 6.22. The van der Waals surface area contributed by atoms with Gasteiger partial charge in [0.25, 0.3) is 5.69 Å². The standard InChI is InChI=1S/C14H10ClNO5/c1-8-2-3-10(7-13(8)16(19)20)21-9-4-5-12(15)11(6-9)14(17)18/h2-7H,1H3,(H,17,18). The smallest absolute Gasteiger partial charge is 0.337 e. The Hall–Kier alpha value is -2.60. The number of carboxylic acid groups (broad SMARTS) is 1. The molecule has 6 nitrogen and oxygen atoms in total. The fraction of sp³-hybridized carbons (Fsp3) is 0.0714. The first-order chi connectivity index (χ1) is 9.88. The van der Waals surface area contributed by atoms with E-state index in [-0.39, 0.29) is 27.8 Å². The molecule has 2 rings (SSSR count). The molecule has 21 heavy (non-hydrogen) atoms. The largest absolute Gasteiger partial charge is 0.478 e. The molecule has 0 atom stereocenters. The van der Waals surface area contributed by atoms with Gasteiger partial charge in [-0.25, -0.2) is 4.79 Å². The van der Waals surface area contributed by atoms with Crippen molar-refractivity contribution in [2.24, 2.45) is 0 Å². The number of benzene rings is 2. The molecule has 0 aromatic heterocycles. The molecular formula is C14H10ClNO5. The third-order valence-electron chi connectivity index (χ3n) is 2.78. The van der Waals surface area contributed by atoms with E-state index in [9.17, 15) is 14.9 Å². The summed E-state index contributed by atoms with van der Waals surface area (Å²) in [7, 11) is 0. The van der Waals surface area contributed by atoms with Crippen LogP contribution in [0.2, 0.25) is 5.02 Å². The molecule has 7 heteroatoms. The highest BCUT2D eigenvalue weighted by Gasteiger charge is 2.14. The Balaban J connectivity index is 2.34. The van der Waals surface area contributed by atoms with Gasteiger partial charge in [0.15, 0.2) is 0 Å². The molecule has 2 aromatic carbocycles. The lowest BCUT2D eigenvalue weighted by Crippen LogP contribution is -1.98. The average Bonchev–Trinajstić information content (AvgIpc) is 2.42. The van der Waals surface area contributed by atoms with Gasteiger partial charge < -0.3 is 9.84 Å². The molecular weight excluding hydrogens is 298 g/mol. The van der Waals surface area contributed by atoms with E-state index in [0.717, 1.165) is 0 Å². The van der Waals surface area contributed by atoms with Crippen molar-refractivity contribution in [1.82, 2.24) is 0 Å². The Bertz CT molecular complexity index is 668. The fourth-order valence-electron chi connectivity index (χ4n) is 1.72. The molecule has 0 radical (unpaired) electrons. The SMILES string of the molecule is Cc1ccc(Oc2ccc(Cl)c(C(=O)O)c2)cc1[N+](=O)[O-]. The van der Waals surface area contributed by atoms with Crippen LogP contribution in [0.1, 0.15) is 15.9 Å². The normalized spacial score (nSPS) is 10.2. The van der Waals surface area contributed by atoms with Crippen LogP contribution in [-0.4, -0.2) is 16.0 Å².